The third-order valence-electron chi connectivity index (χ3n) is 2.91. The molecular formula is C15H15ClN2OS. The van der Waals surface area contributed by atoms with E-state index in [4.69, 9.17) is 34.3 Å². The van der Waals surface area contributed by atoms with Gasteiger partial charge in [0.25, 0.3) is 0 Å². The van der Waals surface area contributed by atoms with Gasteiger partial charge in [0.05, 0.1) is 11.3 Å². The quantitative estimate of drug-likeness (QED) is 0.868. The summed E-state index contributed by atoms with van der Waals surface area (Å²) < 4.78 is 5.95. The lowest BCUT2D eigenvalue weighted by Gasteiger charge is -2.15. The summed E-state index contributed by atoms with van der Waals surface area (Å²) in [6.07, 6.45) is 0. The first-order chi connectivity index (χ1) is 9.38. The summed E-state index contributed by atoms with van der Waals surface area (Å²) in [6.45, 7) is 5.71. The molecule has 0 amide bonds. The van der Waals surface area contributed by atoms with Crippen molar-refractivity contribution in [3.8, 4) is 11.5 Å². The molecule has 0 aliphatic heterocycles. The van der Waals surface area contributed by atoms with Gasteiger partial charge in [0.2, 0.25) is 0 Å². The van der Waals surface area contributed by atoms with Gasteiger partial charge in [-0.05, 0) is 38.5 Å². The Balaban J connectivity index is 2.53. The second-order valence-corrected chi connectivity index (χ2v) is 5.47. The van der Waals surface area contributed by atoms with Crippen LogP contribution in [0, 0.1) is 20.8 Å². The molecule has 2 N–H and O–H groups in total. The van der Waals surface area contributed by atoms with Gasteiger partial charge in [0, 0.05) is 16.8 Å². The molecule has 2 rings (SSSR count). The molecule has 0 fully saturated rings. The smallest absolute Gasteiger partial charge is 0.141 e. The van der Waals surface area contributed by atoms with E-state index < -0.39 is 0 Å². The minimum atomic E-state index is 0.268. The first kappa shape index (κ1) is 14.8. The number of halogens is 1. The molecule has 0 unspecified atom stereocenters. The van der Waals surface area contributed by atoms with Gasteiger partial charge in [-0.3, -0.25) is 4.98 Å². The highest BCUT2D eigenvalue weighted by Crippen LogP contribution is 2.31. The number of benzene rings is 1. The number of pyridine rings is 1. The van der Waals surface area contributed by atoms with E-state index in [2.05, 4.69) is 4.98 Å². The van der Waals surface area contributed by atoms with Gasteiger partial charge in [-0.2, -0.15) is 0 Å². The Hall–Kier alpha value is -1.65. The zero-order valence-electron chi connectivity index (χ0n) is 11.5. The molecule has 0 saturated carbocycles. The van der Waals surface area contributed by atoms with E-state index in [0.717, 1.165) is 17.0 Å². The van der Waals surface area contributed by atoms with E-state index in [-0.39, 0.29) is 4.99 Å². The van der Waals surface area contributed by atoms with Gasteiger partial charge in [-0.15, -0.1) is 0 Å². The molecule has 3 nitrogen and oxygen atoms in total. The van der Waals surface area contributed by atoms with E-state index in [1.54, 1.807) is 6.07 Å². The van der Waals surface area contributed by atoms with Crippen molar-refractivity contribution in [2.75, 3.05) is 0 Å². The fourth-order valence-corrected chi connectivity index (χ4v) is 2.39. The van der Waals surface area contributed by atoms with Gasteiger partial charge in [0.1, 0.15) is 16.5 Å². The number of aryl methyl sites for hydroxylation is 3. The van der Waals surface area contributed by atoms with Crippen LogP contribution < -0.4 is 10.5 Å². The summed E-state index contributed by atoms with van der Waals surface area (Å²) in [7, 11) is 0. The number of hydrogen-bond acceptors (Lipinski definition) is 3. The van der Waals surface area contributed by atoms with Crippen LogP contribution in [0.25, 0.3) is 0 Å². The Labute approximate surface area is 128 Å². The topological polar surface area (TPSA) is 48.1 Å². The monoisotopic (exact) mass is 306 g/mol. The first-order valence-corrected chi connectivity index (χ1v) is 6.89. The minimum absolute atomic E-state index is 0.268. The maximum absolute atomic E-state index is 6.01. The van der Waals surface area contributed by atoms with Crippen molar-refractivity contribution in [3.63, 3.8) is 0 Å². The highest BCUT2D eigenvalue weighted by molar-refractivity contribution is 7.80. The maximum Gasteiger partial charge on any atom is 0.141 e. The first-order valence-electron chi connectivity index (χ1n) is 6.10. The van der Waals surface area contributed by atoms with Crippen molar-refractivity contribution in [1.29, 1.82) is 0 Å². The molecule has 0 bridgehead atoms. The summed E-state index contributed by atoms with van der Waals surface area (Å²) in [6, 6.07) is 7.31. The van der Waals surface area contributed by atoms with E-state index in [1.807, 2.05) is 39.0 Å². The van der Waals surface area contributed by atoms with Crippen molar-refractivity contribution in [3.05, 3.63) is 51.8 Å². The Bertz CT molecular complexity index is 686. The number of thiocarbonyl (C=S) groups is 1. The van der Waals surface area contributed by atoms with Crippen molar-refractivity contribution in [2.24, 2.45) is 5.73 Å². The van der Waals surface area contributed by atoms with Crippen LogP contribution in [-0.2, 0) is 0 Å². The molecule has 0 saturated heterocycles. The molecule has 0 aliphatic rings. The predicted molar refractivity (Wildman–Crippen MR) is 85.9 cm³/mol. The SMILES string of the molecule is Cc1cc(Oc2cc(Cl)ccc2C)c(C(N)=S)c(C)n1. The van der Waals surface area contributed by atoms with Gasteiger partial charge < -0.3 is 10.5 Å². The fraction of sp³-hybridized carbons (Fsp3) is 0.200. The lowest BCUT2D eigenvalue weighted by Crippen LogP contribution is -2.14. The van der Waals surface area contributed by atoms with Crippen molar-refractivity contribution in [2.45, 2.75) is 20.8 Å². The van der Waals surface area contributed by atoms with E-state index in [0.29, 0.717) is 22.1 Å². The predicted octanol–water partition coefficient (Wildman–Crippen LogP) is 4.09. The van der Waals surface area contributed by atoms with Crippen LogP contribution in [0.4, 0.5) is 0 Å². The average molecular weight is 307 g/mol. The van der Waals surface area contributed by atoms with Gasteiger partial charge in [-0.25, -0.2) is 0 Å². The minimum Gasteiger partial charge on any atom is -0.456 e. The van der Waals surface area contributed by atoms with E-state index in [1.165, 1.54) is 0 Å². The standard InChI is InChI=1S/C15H15ClN2OS/c1-8-4-5-11(16)7-12(8)19-13-6-9(2)18-10(3)14(13)15(17)20/h4-7H,1-3H3,(H2,17,20). The van der Waals surface area contributed by atoms with Crippen LogP contribution in [0.1, 0.15) is 22.5 Å². The van der Waals surface area contributed by atoms with Crippen LogP contribution in [0.5, 0.6) is 11.5 Å². The lowest BCUT2D eigenvalue weighted by molar-refractivity contribution is 0.476. The molecule has 2 aromatic rings. The van der Waals surface area contributed by atoms with Crippen LogP contribution in [0.3, 0.4) is 0 Å². The largest absolute Gasteiger partial charge is 0.456 e. The Morgan fingerprint density at radius 3 is 2.55 bits per heavy atom. The summed E-state index contributed by atoms with van der Waals surface area (Å²) in [5, 5.41) is 0.616. The summed E-state index contributed by atoms with van der Waals surface area (Å²) >= 11 is 11.1. The Morgan fingerprint density at radius 1 is 1.20 bits per heavy atom. The third kappa shape index (κ3) is 3.08. The third-order valence-corrected chi connectivity index (χ3v) is 3.35. The molecule has 1 aromatic heterocycles. The van der Waals surface area contributed by atoms with Crippen molar-refractivity contribution in [1.82, 2.24) is 4.98 Å². The van der Waals surface area contributed by atoms with Crippen LogP contribution >= 0.6 is 23.8 Å². The molecular weight excluding hydrogens is 292 g/mol. The number of nitrogens with zero attached hydrogens (tertiary/aromatic N) is 1. The molecule has 0 spiro atoms. The molecule has 0 aliphatic carbocycles. The maximum atomic E-state index is 6.01. The van der Waals surface area contributed by atoms with Gasteiger partial charge >= 0.3 is 0 Å². The number of rotatable bonds is 3. The molecule has 0 radical (unpaired) electrons. The van der Waals surface area contributed by atoms with Crippen molar-refractivity contribution >= 4 is 28.8 Å². The van der Waals surface area contributed by atoms with Crippen molar-refractivity contribution < 1.29 is 4.74 Å². The average Bonchev–Trinajstić information content (AvgIpc) is 2.32. The highest BCUT2D eigenvalue weighted by Gasteiger charge is 2.14. The van der Waals surface area contributed by atoms with Crippen LogP contribution in [-0.4, -0.2) is 9.97 Å². The van der Waals surface area contributed by atoms with Gasteiger partial charge in [-0.1, -0.05) is 29.9 Å². The molecule has 1 heterocycles. The zero-order chi connectivity index (χ0) is 14.9. The lowest BCUT2D eigenvalue weighted by atomic mass is 10.1. The summed E-state index contributed by atoms with van der Waals surface area (Å²) in [5.41, 5.74) is 9.01. The highest BCUT2D eigenvalue weighted by atomic mass is 35.5. The number of nitrogens with two attached hydrogens (primary N) is 1. The molecule has 104 valence electrons. The molecule has 1 aromatic carbocycles. The van der Waals surface area contributed by atoms with Gasteiger partial charge in [0.15, 0.2) is 0 Å². The molecule has 0 atom stereocenters. The Morgan fingerprint density at radius 2 is 1.90 bits per heavy atom. The second kappa shape index (κ2) is 5.77. The normalized spacial score (nSPS) is 10.4. The summed E-state index contributed by atoms with van der Waals surface area (Å²) in [4.78, 5) is 4.63. The number of ether oxygens (including phenoxy) is 1. The van der Waals surface area contributed by atoms with E-state index in [9.17, 15) is 0 Å². The Kier molecular flexibility index (Phi) is 4.26. The second-order valence-electron chi connectivity index (χ2n) is 4.60. The molecule has 5 heteroatoms. The van der Waals surface area contributed by atoms with Crippen LogP contribution in [0.2, 0.25) is 5.02 Å². The summed E-state index contributed by atoms with van der Waals surface area (Å²) in [5.74, 6) is 1.29. The van der Waals surface area contributed by atoms with E-state index >= 15 is 0 Å². The van der Waals surface area contributed by atoms with Crippen LogP contribution in [0.15, 0.2) is 24.3 Å². The fourth-order valence-electron chi connectivity index (χ4n) is 1.98. The number of aromatic nitrogens is 1. The number of hydrogen-bond donors (Lipinski definition) is 1. The zero-order valence-corrected chi connectivity index (χ0v) is 13.1. The molecule has 20 heavy (non-hydrogen) atoms.